The minimum absolute atomic E-state index is 0.139. The molecule has 1 heterocycles. The van der Waals surface area contributed by atoms with Crippen molar-refractivity contribution in [2.24, 2.45) is 5.10 Å². The van der Waals surface area contributed by atoms with E-state index in [1.807, 2.05) is 20.8 Å². The van der Waals surface area contributed by atoms with Crippen LogP contribution in [0.15, 0.2) is 22.0 Å². The van der Waals surface area contributed by atoms with Gasteiger partial charge in [-0.3, -0.25) is 5.43 Å². The molecular weight excluding hydrogens is 334 g/mol. The lowest BCUT2D eigenvalue weighted by Gasteiger charge is -2.18. The van der Waals surface area contributed by atoms with Gasteiger partial charge in [0.25, 0.3) is 0 Å². The van der Waals surface area contributed by atoms with E-state index in [1.54, 1.807) is 6.07 Å². The Balaban J connectivity index is 2.29. The Bertz CT molecular complexity index is 827. The van der Waals surface area contributed by atoms with E-state index in [0.717, 1.165) is 0 Å². The molecule has 0 amide bonds. The average molecular weight is 352 g/mol. The van der Waals surface area contributed by atoms with E-state index in [-0.39, 0.29) is 27.8 Å². The predicted molar refractivity (Wildman–Crippen MR) is 92.2 cm³/mol. The number of aromatic amines is 1. The second kappa shape index (κ2) is 6.88. The number of benzene rings is 1. The molecule has 1 aromatic heterocycles. The lowest BCUT2D eigenvalue weighted by molar-refractivity contribution is 0.373. The van der Waals surface area contributed by atoms with Gasteiger partial charge in [-0.05, 0) is 17.7 Å². The van der Waals surface area contributed by atoms with Crippen LogP contribution in [-0.4, -0.2) is 33.6 Å². The first-order chi connectivity index (χ1) is 11.2. The Morgan fingerprint density at radius 1 is 1.42 bits per heavy atom. The van der Waals surface area contributed by atoms with Crippen molar-refractivity contribution < 1.29 is 9.84 Å². The highest BCUT2D eigenvalue weighted by molar-refractivity contribution is 6.32. The van der Waals surface area contributed by atoms with E-state index < -0.39 is 5.69 Å². The number of halogens is 1. The van der Waals surface area contributed by atoms with E-state index in [1.165, 1.54) is 19.4 Å². The molecule has 0 saturated carbocycles. The van der Waals surface area contributed by atoms with Crippen molar-refractivity contribution in [2.45, 2.75) is 26.2 Å². The normalized spacial score (nSPS) is 11.7. The zero-order valence-corrected chi connectivity index (χ0v) is 14.5. The zero-order valence-electron chi connectivity index (χ0n) is 13.7. The summed E-state index contributed by atoms with van der Waals surface area (Å²) >= 11 is 5.92. The number of nitrogens with zero attached hydrogens (tertiary/aromatic N) is 3. The fraction of sp³-hybridized carbons (Fsp3) is 0.333. The number of rotatable bonds is 4. The van der Waals surface area contributed by atoms with Crippen LogP contribution in [0.3, 0.4) is 0 Å². The Hall–Kier alpha value is -2.61. The van der Waals surface area contributed by atoms with Crippen LogP contribution < -0.4 is 15.9 Å². The summed E-state index contributed by atoms with van der Waals surface area (Å²) in [6.07, 6.45) is 1.46. The number of aromatic nitrogens is 3. The Morgan fingerprint density at radius 3 is 2.75 bits per heavy atom. The molecule has 0 fully saturated rings. The number of phenols is 1. The first kappa shape index (κ1) is 17.7. The second-order valence-corrected chi connectivity index (χ2v) is 6.42. The smallest absolute Gasteiger partial charge is 0.363 e. The number of hydrazone groups is 1. The van der Waals surface area contributed by atoms with Crippen LogP contribution >= 0.6 is 11.6 Å². The number of phenolic OH excluding ortho intramolecular Hbond substituents is 1. The van der Waals surface area contributed by atoms with Crippen molar-refractivity contribution in [3.05, 3.63) is 38.9 Å². The maximum atomic E-state index is 11.4. The van der Waals surface area contributed by atoms with E-state index in [0.29, 0.717) is 11.3 Å². The molecule has 2 rings (SSSR count). The molecule has 24 heavy (non-hydrogen) atoms. The molecule has 0 spiro atoms. The summed E-state index contributed by atoms with van der Waals surface area (Å²) in [7, 11) is 1.42. The number of nitrogens with one attached hydrogen (secondary N) is 2. The first-order valence-corrected chi connectivity index (χ1v) is 7.43. The average Bonchev–Trinajstić information content (AvgIpc) is 2.49. The van der Waals surface area contributed by atoms with Gasteiger partial charge in [-0.2, -0.15) is 15.2 Å². The largest absolute Gasteiger partial charge is 0.503 e. The lowest BCUT2D eigenvalue weighted by Crippen LogP contribution is -2.24. The molecule has 0 bridgehead atoms. The fourth-order valence-electron chi connectivity index (χ4n) is 1.93. The van der Waals surface area contributed by atoms with Crippen molar-refractivity contribution in [3.63, 3.8) is 0 Å². The molecule has 0 saturated heterocycles. The summed E-state index contributed by atoms with van der Waals surface area (Å²) in [4.78, 5) is 15.2. The van der Waals surface area contributed by atoms with Crippen LogP contribution in [0.25, 0.3) is 0 Å². The summed E-state index contributed by atoms with van der Waals surface area (Å²) in [5.74, 6) is 0.356. The molecule has 0 atom stereocenters. The highest BCUT2D eigenvalue weighted by Gasteiger charge is 2.21. The number of hydrogen-bond donors (Lipinski definition) is 3. The summed E-state index contributed by atoms with van der Waals surface area (Å²) in [5, 5.41) is 20.2. The number of aromatic hydroxyl groups is 1. The van der Waals surface area contributed by atoms with E-state index >= 15 is 0 Å². The van der Waals surface area contributed by atoms with Gasteiger partial charge in [-0.25, -0.2) is 9.89 Å². The van der Waals surface area contributed by atoms with E-state index in [9.17, 15) is 9.90 Å². The zero-order chi connectivity index (χ0) is 17.9. The monoisotopic (exact) mass is 351 g/mol. The minimum Gasteiger partial charge on any atom is -0.503 e. The number of hydrogen-bond acceptors (Lipinski definition) is 7. The Kier molecular flexibility index (Phi) is 5.08. The van der Waals surface area contributed by atoms with Gasteiger partial charge in [0.1, 0.15) is 5.69 Å². The number of methoxy groups -OCH3 is 1. The van der Waals surface area contributed by atoms with Crippen molar-refractivity contribution >= 4 is 23.6 Å². The highest BCUT2D eigenvalue weighted by atomic mass is 35.5. The van der Waals surface area contributed by atoms with Crippen LogP contribution in [0.4, 0.5) is 5.82 Å². The van der Waals surface area contributed by atoms with Gasteiger partial charge in [0.2, 0.25) is 0 Å². The summed E-state index contributed by atoms with van der Waals surface area (Å²) < 4.78 is 5.03. The van der Waals surface area contributed by atoms with Gasteiger partial charge in [0, 0.05) is 5.41 Å². The van der Waals surface area contributed by atoms with Gasteiger partial charge >= 0.3 is 5.69 Å². The molecule has 0 aliphatic carbocycles. The van der Waals surface area contributed by atoms with Crippen LogP contribution in [0.5, 0.6) is 11.5 Å². The standard InChI is InChI=1S/C15H18ClN5O3/c1-15(2,3)12-13(18-14(23)21-19-12)20-17-7-8-5-9(16)11(22)10(6-8)24-4/h5-7,22H,1-4H3,(H2,18,20,21,23)/b17-7+. The minimum atomic E-state index is -0.574. The van der Waals surface area contributed by atoms with Crippen LogP contribution in [-0.2, 0) is 5.41 Å². The molecule has 9 heteroatoms. The van der Waals surface area contributed by atoms with Gasteiger partial charge < -0.3 is 9.84 Å². The SMILES string of the molecule is COc1cc(/C=N/Nc2nc(=O)[nH]nc2C(C)(C)C)cc(Cl)c1O. The van der Waals surface area contributed by atoms with Crippen molar-refractivity contribution in [2.75, 3.05) is 12.5 Å². The Morgan fingerprint density at radius 2 is 2.12 bits per heavy atom. The summed E-state index contributed by atoms with van der Waals surface area (Å²) in [5.41, 5.74) is 2.97. The fourth-order valence-corrected chi connectivity index (χ4v) is 2.15. The molecule has 3 N–H and O–H groups in total. The van der Waals surface area contributed by atoms with E-state index in [2.05, 4.69) is 25.7 Å². The molecule has 0 unspecified atom stereocenters. The van der Waals surface area contributed by atoms with Gasteiger partial charge in [-0.15, -0.1) is 0 Å². The quantitative estimate of drug-likeness (QED) is 0.575. The van der Waals surface area contributed by atoms with Crippen LogP contribution in [0.2, 0.25) is 5.02 Å². The third-order valence-electron chi connectivity index (χ3n) is 3.07. The van der Waals surface area contributed by atoms with Crippen LogP contribution in [0.1, 0.15) is 32.0 Å². The topological polar surface area (TPSA) is 112 Å². The molecule has 2 aromatic rings. The molecule has 0 aliphatic heterocycles. The van der Waals surface area contributed by atoms with Gasteiger partial charge in [0.15, 0.2) is 17.3 Å². The number of H-pyrrole nitrogens is 1. The van der Waals surface area contributed by atoms with Crippen molar-refractivity contribution in [3.8, 4) is 11.5 Å². The summed E-state index contributed by atoms with van der Waals surface area (Å²) in [6.45, 7) is 5.82. The first-order valence-electron chi connectivity index (χ1n) is 7.05. The molecule has 0 aliphatic rings. The second-order valence-electron chi connectivity index (χ2n) is 6.01. The van der Waals surface area contributed by atoms with Crippen LogP contribution in [0, 0.1) is 0 Å². The molecule has 8 nitrogen and oxygen atoms in total. The lowest BCUT2D eigenvalue weighted by atomic mass is 9.92. The maximum absolute atomic E-state index is 11.4. The molecule has 128 valence electrons. The molecule has 0 radical (unpaired) electrons. The van der Waals surface area contributed by atoms with Gasteiger partial charge in [-0.1, -0.05) is 32.4 Å². The third-order valence-corrected chi connectivity index (χ3v) is 3.35. The van der Waals surface area contributed by atoms with Crippen molar-refractivity contribution in [1.29, 1.82) is 0 Å². The number of anilines is 1. The van der Waals surface area contributed by atoms with Crippen molar-refractivity contribution in [1.82, 2.24) is 15.2 Å². The van der Waals surface area contributed by atoms with E-state index in [4.69, 9.17) is 16.3 Å². The molecule has 1 aromatic carbocycles. The number of ether oxygens (including phenoxy) is 1. The third kappa shape index (κ3) is 4.02. The Labute approximate surface area is 143 Å². The highest BCUT2D eigenvalue weighted by Crippen LogP contribution is 2.34. The van der Waals surface area contributed by atoms with Gasteiger partial charge in [0.05, 0.1) is 18.3 Å². The summed E-state index contributed by atoms with van der Waals surface area (Å²) in [6, 6.07) is 3.10. The maximum Gasteiger partial charge on any atom is 0.363 e. The predicted octanol–water partition coefficient (Wildman–Crippen LogP) is 2.28. The molecular formula is C15H18ClN5O3.